The second-order valence-corrected chi connectivity index (χ2v) is 3.78. The lowest BCUT2D eigenvalue weighted by atomic mass is 10.3. The Balaban J connectivity index is 3.28. The number of aromatic nitrogens is 1. The molecule has 0 N–H and O–H groups in total. The summed E-state index contributed by atoms with van der Waals surface area (Å²) in [7, 11) is 0. The zero-order valence-electron chi connectivity index (χ0n) is 7.79. The molecular weight excluding hydrogens is 363 g/mol. The number of pyridine rings is 1. The van der Waals surface area contributed by atoms with E-state index in [1.54, 1.807) is 0 Å². The van der Waals surface area contributed by atoms with Crippen LogP contribution in [0.1, 0.15) is 5.56 Å². The Hall–Kier alpha value is -1.20. The van der Waals surface area contributed by atoms with Crippen molar-refractivity contribution in [3.63, 3.8) is 0 Å². The Kier molecular flexibility index (Phi) is 4.06. The summed E-state index contributed by atoms with van der Waals surface area (Å²) >= 11 is 1.37. The fourth-order valence-corrected chi connectivity index (χ4v) is 1.44. The van der Waals surface area contributed by atoms with Gasteiger partial charge in [-0.1, -0.05) is 0 Å². The molecule has 0 fully saturated rings. The van der Waals surface area contributed by atoms with Gasteiger partial charge in [-0.3, -0.25) is 0 Å². The SMILES string of the molecule is O=[N+]([O-])c1cc(CF)c(I)c(OC(F)(F)F)n1. The van der Waals surface area contributed by atoms with Gasteiger partial charge in [-0.25, -0.2) is 4.39 Å². The van der Waals surface area contributed by atoms with Crippen LogP contribution in [0, 0.1) is 13.7 Å². The Morgan fingerprint density at radius 2 is 2.12 bits per heavy atom. The molecule has 0 unspecified atom stereocenters. The van der Waals surface area contributed by atoms with Crippen molar-refractivity contribution >= 4 is 28.4 Å². The van der Waals surface area contributed by atoms with Gasteiger partial charge in [-0.2, -0.15) is 0 Å². The van der Waals surface area contributed by atoms with Gasteiger partial charge in [0.1, 0.15) is 10.2 Å². The van der Waals surface area contributed by atoms with E-state index in [9.17, 15) is 27.7 Å². The van der Waals surface area contributed by atoms with Gasteiger partial charge in [0.25, 0.3) is 0 Å². The molecule has 1 aromatic heterocycles. The molecule has 0 spiro atoms. The Labute approximate surface area is 105 Å². The van der Waals surface area contributed by atoms with Crippen molar-refractivity contribution in [3.05, 3.63) is 25.3 Å². The molecule has 0 saturated heterocycles. The van der Waals surface area contributed by atoms with Crippen LogP contribution in [0.3, 0.4) is 0 Å². The number of alkyl halides is 4. The number of rotatable bonds is 3. The third-order valence-electron chi connectivity index (χ3n) is 1.53. The number of ether oxygens (including phenoxy) is 1. The molecule has 0 saturated carbocycles. The monoisotopic (exact) mass is 366 g/mol. The maximum atomic E-state index is 12.5. The highest BCUT2D eigenvalue weighted by molar-refractivity contribution is 14.1. The molecule has 0 bridgehead atoms. The summed E-state index contributed by atoms with van der Waals surface area (Å²) in [6.07, 6.45) is -5.05. The molecule has 1 heterocycles. The summed E-state index contributed by atoms with van der Waals surface area (Å²) in [5.41, 5.74) is -0.286. The number of hydrogen-bond donors (Lipinski definition) is 0. The summed E-state index contributed by atoms with van der Waals surface area (Å²) in [4.78, 5) is 12.4. The summed E-state index contributed by atoms with van der Waals surface area (Å²) in [6, 6.07) is 0.755. The molecule has 5 nitrogen and oxygen atoms in total. The Morgan fingerprint density at radius 1 is 1.53 bits per heavy atom. The molecule has 0 amide bonds. The lowest BCUT2D eigenvalue weighted by Gasteiger charge is -2.08. The van der Waals surface area contributed by atoms with Crippen LogP contribution in [0.25, 0.3) is 0 Å². The third kappa shape index (κ3) is 3.64. The molecule has 0 radical (unpaired) electrons. The first-order valence-electron chi connectivity index (χ1n) is 3.90. The second-order valence-electron chi connectivity index (χ2n) is 2.70. The van der Waals surface area contributed by atoms with Crippen molar-refractivity contribution in [1.29, 1.82) is 0 Å². The maximum Gasteiger partial charge on any atom is 0.575 e. The minimum Gasteiger partial charge on any atom is -0.366 e. The van der Waals surface area contributed by atoms with Gasteiger partial charge in [-0.05, 0) is 27.5 Å². The van der Waals surface area contributed by atoms with Crippen LogP contribution in [-0.2, 0) is 6.67 Å². The molecule has 0 aliphatic heterocycles. The van der Waals surface area contributed by atoms with E-state index in [2.05, 4.69) is 9.72 Å². The highest BCUT2D eigenvalue weighted by Crippen LogP contribution is 2.31. The molecule has 0 aliphatic carbocycles. The fourth-order valence-electron chi connectivity index (χ4n) is 0.910. The molecule has 0 aliphatic rings. The predicted molar refractivity (Wildman–Crippen MR) is 55.1 cm³/mol. The van der Waals surface area contributed by atoms with E-state index in [0.717, 1.165) is 6.07 Å². The van der Waals surface area contributed by atoms with Gasteiger partial charge in [-0.15, -0.1) is 13.2 Å². The molecule has 0 atom stereocenters. The van der Waals surface area contributed by atoms with Crippen molar-refractivity contribution in [2.24, 2.45) is 0 Å². The topological polar surface area (TPSA) is 65.3 Å². The van der Waals surface area contributed by atoms with Crippen molar-refractivity contribution in [1.82, 2.24) is 4.98 Å². The molecule has 10 heteroatoms. The van der Waals surface area contributed by atoms with Gasteiger partial charge >= 0.3 is 18.1 Å². The van der Waals surface area contributed by atoms with Gasteiger partial charge in [0.05, 0.1) is 0 Å². The smallest absolute Gasteiger partial charge is 0.366 e. The van der Waals surface area contributed by atoms with Crippen LogP contribution in [-0.4, -0.2) is 16.3 Å². The summed E-state index contributed by atoms with van der Waals surface area (Å²) < 4.78 is 51.6. The van der Waals surface area contributed by atoms with E-state index in [1.165, 1.54) is 22.6 Å². The van der Waals surface area contributed by atoms with Crippen molar-refractivity contribution < 1.29 is 27.2 Å². The second kappa shape index (κ2) is 4.98. The first kappa shape index (κ1) is 13.9. The normalized spacial score (nSPS) is 11.4. The van der Waals surface area contributed by atoms with Crippen LogP contribution in [0.15, 0.2) is 6.07 Å². The van der Waals surface area contributed by atoms with Crippen molar-refractivity contribution in [3.8, 4) is 5.88 Å². The molecule has 1 aromatic rings. The maximum absolute atomic E-state index is 12.5. The third-order valence-corrected chi connectivity index (χ3v) is 2.69. The highest BCUT2D eigenvalue weighted by Gasteiger charge is 2.36. The fraction of sp³-hybridized carbons (Fsp3) is 0.286. The van der Waals surface area contributed by atoms with E-state index in [1.807, 2.05) is 0 Å². The zero-order chi connectivity index (χ0) is 13.2. The predicted octanol–water partition coefficient (Wildman–Crippen LogP) is 2.96. The number of hydrogen-bond acceptors (Lipinski definition) is 4. The van der Waals surface area contributed by atoms with Crippen molar-refractivity contribution in [2.75, 3.05) is 0 Å². The minimum absolute atomic E-state index is 0.256. The van der Waals surface area contributed by atoms with Gasteiger partial charge in [0, 0.05) is 16.6 Å². The zero-order valence-corrected chi connectivity index (χ0v) is 9.95. The van der Waals surface area contributed by atoms with E-state index >= 15 is 0 Å². The van der Waals surface area contributed by atoms with Gasteiger partial charge in [0.15, 0.2) is 0 Å². The van der Waals surface area contributed by atoms with Gasteiger partial charge < -0.3 is 14.9 Å². The van der Waals surface area contributed by atoms with Crippen LogP contribution >= 0.6 is 22.6 Å². The van der Waals surface area contributed by atoms with E-state index in [0.29, 0.717) is 0 Å². The average molecular weight is 366 g/mol. The lowest BCUT2D eigenvalue weighted by Crippen LogP contribution is -2.19. The number of nitro groups is 1. The number of nitrogens with zero attached hydrogens (tertiary/aromatic N) is 2. The molecular formula is C7H3F4IN2O3. The molecule has 0 aromatic carbocycles. The van der Waals surface area contributed by atoms with Gasteiger partial charge in [0.2, 0.25) is 0 Å². The van der Waals surface area contributed by atoms with E-state index in [-0.39, 0.29) is 9.13 Å². The molecule has 17 heavy (non-hydrogen) atoms. The largest absolute Gasteiger partial charge is 0.575 e. The summed E-state index contributed by atoms with van der Waals surface area (Å²) in [6.45, 7) is -1.16. The van der Waals surface area contributed by atoms with E-state index in [4.69, 9.17) is 0 Å². The first-order chi connectivity index (χ1) is 7.74. The van der Waals surface area contributed by atoms with Crippen LogP contribution < -0.4 is 4.74 Å². The summed E-state index contributed by atoms with van der Waals surface area (Å²) in [5, 5.41) is 10.4. The Bertz CT molecular complexity index is 451. The first-order valence-corrected chi connectivity index (χ1v) is 4.98. The highest BCUT2D eigenvalue weighted by atomic mass is 127. The van der Waals surface area contributed by atoms with Crippen LogP contribution in [0.2, 0.25) is 0 Å². The van der Waals surface area contributed by atoms with Crippen LogP contribution in [0.4, 0.5) is 23.4 Å². The van der Waals surface area contributed by atoms with Crippen LogP contribution in [0.5, 0.6) is 5.88 Å². The van der Waals surface area contributed by atoms with Crippen molar-refractivity contribution in [2.45, 2.75) is 13.0 Å². The molecule has 1 rings (SSSR count). The summed E-state index contributed by atoms with van der Waals surface area (Å²) in [5.74, 6) is -1.93. The van der Waals surface area contributed by atoms with E-state index < -0.39 is 29.7 Å². The molecule has 94 valence electrons. The standard InChI is InChI=1S/C7H3F4IN2O3/c8-2-3-1-4(14(15)16)13-6(5(3)12)17-7(9,10)11/h1H,2H2. The Morgan fingerprint density at radius 3 is 2.53 bits per heavy atom. The lowest BCUT2D eigenvalue weighted by molar-refractivity contribution is -0.390. The quantitative estimate of drug-likeness (QED) is 0.357. The minimum atomic E-state index is -5.05. The average Bonchev–Trinajstić information content (AvgIpc) is 2.18. The number of halogens is 5.